The third kappa shape index (κ3) is 2.68. The minimum atomic E-state index is -1.43. The molecule has 0 radical (unpaired) electrons. The predicted octanol–water partition coefficient (Wildman–Crippen LogP) is 3.94. The SMILES string of the molecule is Fc1cc(F)c(Oc2cccc(Cl)c2)nc1F. The van der Waals surface area contributed by atoms with Gasteiger partial charge >= 0.3 is 0 Å². The van der Waals surface area contributed by atoms with Gasteiger partial charge in [0.2, 0.25) is 0 Å². The van der Waals surface area contributed by atoms with E-state index in [4.69, 9.17) is 16.3 Å². The van der Waals surface area contributed by atoms with Crippen LogP contribution < -0.4 is 4.74 Å². The van der Waals surface area contributed by atoms with Crippen LogP contribution in [-0.2, 0) is 0 Å². The first-order valence-corrected chi connectivity index (χ1v) is 4.89. The van der Waals surface area contributed by atoms with E-state index in [1.165, 1.54) is 12.1 Å². The number of rotatable bonds is 2. The molecule has 0 aliphatic heterocycles. The molecule has 0 amide bonds. The molecule has 17 heavy (non-hydrogen) atoms. The maximum atomic E-state index is 13.2. The summed E-state index contributed by atoms with van der Waals surface area (Å²) in [4.78, 5) is 3.02. The summed E-state index contributed by atoms with van der Waals surface area (Å²) < 4.78 is 43.5. The number of pyridine rings is 1. The summed E-state index contributed by atoms with van der Waals surface area (Å²) in [6, 6.07) is 6.39. The zero-order valence-electron chi connectivity index (χ0n) is 8.25. The number of ether oxygens (including phenoxy) is 1. The Morgan fingerprint density at radius 1 is 1.06 bits per heavy atom. The number of hydrogen-bond acceptors (Lipinski definition) is 2. The van der Waals surface area contributed by atoms with Gasteiger partial charge in [0.25, 0.3) is 11.8 Å². The van der Waals surface area contributed by atoms with E-state index in [2.05, 4.69) is 4.98 Å². The highest BCUT2D eigenvalue weighted by molar-refractivity contribution is 6.30. The van der Waals surface area contributed by atoms with Crippen molar-refractivity contribution in [3.05, 3.63) is 52.9 Å². The molecule has 0 aliphatic rings. The molecular formula is C11H5ClF3NO. The normalized spacial score (nSPS) is 10.4. The Morgan fingerprint density at radius 2 is 1.82 bits per heavy atom. The Kier molecular flexibility index (Phi) is 3.19. The number of hydrogen-bond donors (Lipinski definition) is 0. The van der Waals surface area contributed by atoms with Crippen molar-refractivity contribution >= 4 is 11.6 Å². The van der Waals surface area contributed by atoms with Crippen molar-refractivity contribution in [3.63, 3.8) is 0 Å². The molecule has 2 aromatic rings. The second-order valence-corrected chi connectivity index (χ2v) is 3.54. The van der Waals surface area contributed by atoms with Crippen molar-refractivity contribution in [2.45, 2.75) is 0 Å². The van der Waals surface area contributed by atoms with Crippen LogP contribution in [0.15, 0.2) is 30.3 Å². The second-order valence-electron chi connectivity index (χ2n) is 3.11. The fourth-order valence-corrected chi connectivity index (χ4v) is 1.32. The first-order valence-electron chi connectivity index (χ1n) is 4.51. The van der Waals surface area contributed by atoms with Crippen LogP contribution >= 0.6 is 11.6 Å². The van der Waals surface area contributed by atoms with Crippen LogP contribution in [0.25, 0.3) is 0 Å². The lowest BCUT2D eigenvalue weighted by atomic mass is 10.3. The van der Waals surface area contributed by atoms with Gasteiger partial charge in [0.15, 0.2) is 11.6 Å². The van der Waals surface area contributed by atoms with Crippen molar-refractivity contribution in [2.24, 2.45) is 0 Å². The van der Waals surface area contributed by atoms with Gasteiger partial charge in [-0.1, -0.05) is 17.7 Å². The molecule has 1 aromatic heterocycles. The molecule has 6 heteroatoms. The van der Waals surface area contributed by atoms with Crippen molar-refractivity contribution in [3.8, 4) is 11.6 Å². The predicted molar refractivity (Wildman–Crippen MR) is 55.6 cm³/mol. The van der Waals surface area contributed by atoms with Gasteiger partial charge in [-0.15, -0.1) is 0 Å². The molecule has 0 unspecified atom stereocenters. The van der Waals surface area contributed by atoms with Crippen LogP contribution in [0.5, 0.6) is 11.6 Å². The third-order valence-electron chi connectivity index (χ3n) is 1.87. The third-order valence-corrected chi connectivity index (χ3v) is 2.10. The number of benzene rings is 1. The van der Waals surface area contributed by atoms with E-state index in [-0.39, 0.29) is 5.75 Å². The lowest BCUT2D eigenvalue weighted by Crippen LogP contribution is -1.97. The summed E-state index contributed by atoms with van der Waals surface area (Å²) in [5, 5.41) is 0.366. The Labute approximate surface area is 99.6 Å². The lowest BCUT2D eigenvalue weighted by molar-refractivity contribution is 0.387. The van der Waals surface area contributed by atoms with Gasteiger partial charge in [-0.25, -0.2) is 8.78 Å². The summed E-state index contributed by atoms with van der Waals surface area (Å²) in [5.41, 5.74) is 0. The van der Waals surface area contributed by atoms with Crippen LogP contribution in [0.1, 0.15) is 0 Å². The largest absolute Gasteiger partial charge is 0.436 e. The van der Waals surface area contributed by atoms with E-state index < -0.39 is 23.5 Å². The van der Waals surface area contributed by atoms with Crippen molar-refractivity contribution in [2.75, 3.05) is 0 Å². The molecule has 0 bridgehead atoms. The second kappa shape index (κ2) is 4.63. The summed E-state index contributed by atoms with van der Waals surface area (Å²) in [6.45, 7) is 0. The molecule has 1 heterocycles. The zero-order chi connectivity index (χ0) is 12.4. The van der Waals surface area contributed by atoms with Gasteiger partial charge in [0, 0.05) is 11.1 Å². The van der Waals surface area contributed by atoms with Gasteiger partial charge in [0.1, 0.15) is 5.75 Å². The smallest absolute Gasteiger partial charge is 0.258 e. The van der Waals surface area contributed by atoms with Gasteiger partial charge in [-0.2, -0.15) is 9.37 Å². The summed E-state index contributed by atoms with van der Waals surface area (Å²) in [7, 11) is 0. The Balaban J connectivity index is 2.33. The maximum Gasteiger partial charge on any atom is 0.258 e. The van der Waals surface area contributed by atoms with Crippen molar-refractivity contribution < 1.29 is 17.9 Å². The fraction of sp³-hybridized carbons (Fsp3) is 0. The zero-order valence-corrected chi connectivity index (χ0v) is 9.01. The van der Waals surface area contributed by atoms with E-state index in [1.807, 2.05) is 0 Å². The molecular weight excluding hydrogens is 255 g/mol. The average molecular weight is 260 g/mol. The molecule has 0 aliphatic carbocycles. The van der Waals surface area contributed by atoms with Crippen LogP contribution in [0.2, 0.25) is 5.02 Å². The Morgan fingerprint density at radius 3 is 2.53 bits per heavy atom. The van der Waals surface area contributed by atoms with E-state index in [0.717, 1.165) is 0 Å². The van der Waals surface area contributed by atoms with Crippen LogP contribution in [0.4, 0.5) is 13.2 Å². The molecule has 2 nitrogen and oxygen atoms in total. The summed E-state index contributed by atoms with van der Waals surface area (Å²) >= 11 is 5.68. The van der Waals surface area contributed by atoms with Crippen LogP contribution in [0.3, 0.4) is 0 Å². The summed E-state index contributed by atoms with van der Waals surface area (Å²) in [5.74, 6) is -4.37. The first kappa shape index (κ1) is 11.7. The van der Waals surface area contributed by atoms with Crippen LogP contribution in [-0.4, -0.2) is 4.98 Å². The Hall–Kier alpha value is -1.75. The summed E-state index contributed by atoms with van der Waals surface area (Å²) in [6.07, 6.45) is 0. The van der Waals surface area contributed by atoms with Gasteiger partial charge in [0.05, 0.1) is 0 Å². The van der Waals surface area contributed by atoms with Crippen molar-refractivity contribution in [1.82, 2.24) is 4.98 Å². The molecule has 0 N–H and O–H groups in total. The Bertz CT molecular complexity index is 562. The quantitative estimate of drug-likeness (QED) is 0.762. The first-order chi connectivity index (χ1) is 8.06. The number of halogens is 4. The van der Waals surface area contributed by atoms with E-state index in [0.29, 0.717) is 11.1 Å². The van der Waals surface area contributed by atoms with Crippen LogP contribution in [0, 0.1) is 17.6 Å². The van der Waals surface area contributed by atoms with E-state index in [9.17, 15) is 13.2 Å². The van der Waals surface area contributed by atoms with Gasteiger partial charge in [-0.05, 0) is 18.2 Å². The maximum absolute atomic E-state index is 13.2. The standard InChI is InChI=1S/C11H5ClF3NO/c12-6-2-1-3-7(4-6)17-11-9(14)5-8(13)10(15)16-11/h1-5H. The van der Waals surface area contributed by atoms with E-state index >= 15 is 0 Å². The molecule has 0 saturated carbocycles. The molecule has 0 atom stereocenters. The van der Waals surface area contributed by atoms with Gasteiger partial charge in [-0.3, -0.25) is 0 Å². The van der Waals surface area contributed by atoms with Crippen molar-refractivity contribution in [1.29, 1.82) is 0 Å². The molecule has 0 fully saturated rings. The molecule has 88 valence electrons. The topological polar surface area (TPSA) is 22.1 Å². The molecule has 2 rings (SSSR count). The fourth-order valence-electron chi connectivity index (χ4n) is 1.14. The lowest BCUT2D eigenvalue weighted by Gasteiger charge is -2.06. The molecule has 0 spiro atoms. The highest BCUT2D eigenvalue weighted by atomic mass is 35.5. The number of aromatic nitrogens is 1. The minimum Gasteiger partial charge on any atom is -0.436 e. The number of nitrogens with zero attached hydrogens (tertiary/aromatic N) is 1. The molecule has 1 aromatic carbocycles. The monoisotopic (exact) mass is 259 g/mol. The minimum absolute atomic E-state index is 0.176. The van der Waals surface area contributed by atoms with Gasteiger partial charge < -0.3 is 4.74 Å². The molecule has 0 saturated heterocycles. The average Bonchev–Trinajstić information content (AvgIpc) is 2.26. The van der Waals surface area contributed by atoms with E-state index in [1.54, 1.807) is 12.1 Å². The highest BCUT2D eigenvalue weighted by Gasteiger charge is 2.13. The highest BCUT2D eigenvalue weighted by Crippen LogP contribution is 2.25.